The van der Waals surface area contributed by atoms with Gasteiger partial charge in [0.15, 0.2) is 0 Å². The van der Waals surface area contributed by atoms with Gasteiger partial charge in [0.2, 0.25) is 0 Å². The second kappa shape index (κ2) is 5.45. The fourth-order valence-corrected chi connectivity index (χ4v) is 1.43. The minimum absolute atomic E-state index is 0.0251. The second-order valence-electron chi connectivity index (χ2n) is 3.00. The Kier molecular flexibility index (Phi) is 4.42. The van der Waals surface area contributed by atoms with Crippen LogP contribution in [0.25, 0.3) is 0 Å². The molecule has 2 N–H and O–H groups in total. The number of urea groups is 1. The number of carbonyl (C=O) groups is 2. The number of imide groups is 1. The van der Waals surface area contributed by atoms with Gasteiger partial charge in [-0.25, -0.2) is 4.79 Å². The van der Waals surface area contributed by atoms with E-state index in [1.807, 2.05) is 5.32 Å². The molecular formula is C9H5Cl2F3N2O2. The molecule has 4 nitrogen and oxygen atoms in total. The van der Waals surface area contributed by atoms with Gasteiger partial charge in [0.1, 0.15) is 0 Å². The first-order valence-electron chi connectivity index (χ1n) is 4.35. The van der Waals surface area contributed by atoms with E-state index in [0.717, 1.165) is 5.32 Å². The van der Waals surface area contributed by atoms with Crippen molar-refractivity contribution in [1.29, 1.82) is 0 Å². The molecule has 1 aromatic carbocycles. The first kappa shape index (κ1) is 14.6. The summed E-state index contributed by atoms with van der Waals surface area (Å²) < 4.78 is 35.6. The van der Waals surface area contributed by atoms with E-state index in [9.17, 15) is 22.8 Å². The largest absolute Gasteiger partial charge is 0.471 e. The van der Waals surface area contributed by atoms with E-state index in [1.54, 1.807) is 0 Å². The summed E-state index contributed by atoms with van der Waals surface area (Å²) in [7, 11) is 0. The topological polar surface area (TPSA) is 58.2 Å². The van der Waals surface area contributed by atoms with Gasteiger partial charge in [0.25, 0.3) is 0 Å². The molecule has 0 aromatic heterocycles. The van der Waals surface area contributed by atoms with Crippen LogP contribution in [-0.4, -0.2) is 18.1 Å². The second-order valence-corrected chi connectivity index (χ2v) is 3.82. The van der Waals surface area contributed by atoms with Crippen molar-refractivity contribution >= 4 is 40.8 Å². The smallest absolute Gasteiger partial charge is 0.305 e. The van der Waals surface area contributed by atoms with Crippen LogP contribution in [-0.2, 0) is 4.79 Å². The van der Waals surface area contributed by atoms with Crippen molar-refractivity contribution in [1.82, 2.24) is 5.32 Å². The standard InChI is InChI=1S/C9H5Cl2F3N2O2/c10-4-2-1-3-5(11)6(4)15-8(18)16-7(17)9(12,13)14/h1-3H,(H2,15,16,17,18). The summed E-state index contributed by atoms with van der Waals surface area (Å²) in [5.41, 5.74) is -0.0895. The van der Waals surface area contributed by atoms with Crippen molar-refractivity contribution in [3.05, 3.63) is 28.2 Å². The molecular weight excluding hydrogens is 296 g/mol. The number of para-hydroxylation sites is 1. The zero-order valence-corrected chi connectivity index (χ0v) is 9.95. The summed E-state index contributed by atoms with van der Waals surface area (Å²) in [5.74, 6) is -2.39. The van der Waals surface area contributed by atoms with Crippen LogP contribution in [0.3, 0.4) is 0 Å². The molecule has 9 heteroatoms. The van der Waals surface area contributed by atoms with Crippen LogP contribution in [0, 0.1) is 0 Å². The van der Waals surface area contributed by atoms with E-state index in [-0.39, 0.29) is 15.7 Å². The van der Waals surface area contributed by atoms with Crippen LogP contribution in [0.2, 0.25) is 10.0 Å². The van der Waals surface area contributed by atoms with Gasteiger partial charge in [0.05, 0.1) is 15.7 Å². The minimum atomic E-state index is -5.15. The highest BCUT2D eigenvalue weighted by Gasteiger charge is 2.39. The molecule has 0 unspecified atom stereocenters. The lowest BCUT2D eigenvalue weighted by molar-refractivity contribution is -0.172. The van der Waals surface area contributed by atoms with E-state index >= 15 is 0 Å². The summed E-state index contributed by atoms with van der Waals surface area (Å²) in [6.07, 6.45) is -5.15. The third-order valence-corrected chi connectivity index (χ3v) is 2.32. The van der Waals surface area contributed by atoms with Gasteiger partial charge >= 0.3 is 18.1 Å². The maximum Gasteiger partial charge on any atom is 0.471 e. The molecule has 0 spiro atoms. The molecule has 0 aliphatic carbocycles. The first-order valence-corrected chi connectivity index (χ1v) is 5.10. The van der Waals surface area contributed by atoms with Gasteiger partial charge in [-0.05, 0) is 12.1 Å². The normalized spacial score (nSPS) is 10.9. The summed E-state index contributed by atoms with van der Waals surface area (Å²) in [4.78, 5) is 21.6. The molecule has 0 radical (unpaired) electrons. The fraction of sp³-hybridized carbons (Fsp3) is 0.111. The van der Waals surface area contributed by atoms with Gasteiger partial charge in [-0.2, -0.15) is 13.2 Å². The van der Waals surface area contributed by atoms with Crippen molar-refractivity contribution in [2.45, 2.75) is 6.18 Å². The number of amides is 3. The number of halogens is 5. The van der Waals surface area contributed by atoms with Crippen LogP contribution >= 0.6 is 23.2 Å². The number of alkyl halides is 3. The van der Waals surface area contributed by atoms with E-state index in [1.165, 1.54) is 18.2 Å². The highest BCUT2D eigenvalue weighted by molar-refractivity contribution is 6.39. The lowest BCUT2D eigenvalue weighted by atomic mass is 10.3. The van der Waals surface area contributed by atoms with E-state index in [0.29, 0.717) is 0 Å². The molecule has 0 atom stereocenters. The fourth-order valence-electron chi connectivity index (χ4n) is 0.936. The number of benzene rings is 1. The molecule has 0 saturated heterocycles. The number of anilines is 1. The number of rotatable bonds is 1. The van der Waals surface area contributed by atoms with Crippen molar-refractivity contribution in [3.8, 4) is 0 Å². The Morgan fingerprint density at radius 3 is 2.06 bits per heavy atom. The van der Waals surface area contributed by atoms with Gasteiger partial charge in [-0.3, -0.25) is 10.1 Å². The molecule has 0 bridgehead atoms. The molecule has 0 aliphatic rings. The van der Waals surface area contributed by atoms with Crippen LogP contribution < -0.4 is 10.6 Å². The molecule has 98 valence electrons. The van der Waals surface area contributed by atoms with Crippen molar-refractivity contribution in [2.75, 3.05) is 5.32 Å². The van der Waals surface area contributed by atoms with Crippen molar-refractivity contribution < 1.29 is 22.8 Å². The van der Waals surface area contributed by atoms with Gasteiger partial charge in [-0.1, -0.05) is 29.3 Å². The van der Waals surface area contributed by atoms with Crippen molar-refractivity contribution in [3.63, 3.8) is 0 Å². The average molecular weight is 301 g/mol. The highest BCUT2D eigenvalue weighted by Crippen LogP contribution is 2.29. The minimum Gasteiger partial charge on any atom is -0.305 e. The Labute approximate surface area is 109 Å². The van der Waals surface area contributed by atoms with Crippen LogP contribution in [0.4, 0.5) is 23.7 Å². The average Bonchev–Trinajstić information content (AvgIpc) is 2.22. The molecule has 0 saturated carbocycles. The Morgan fingerprint density at radius 2 is 1.61 bits per heavy atom. The Bertz CT molecular complexity index is 471. The molecule has 3 amide bonds. The maximum absolute atomic E-state index is 11.9. The van der Waals surface area contributed by atoms with Crippen LogP contribution in [0.5, 0.6) is 0 Å². The molecule has 0 aliphatic heterocycles. The molecule has 0 heterocycles. The molecule has 18 heavy (non-hydrogen) atoms. The van der Waals surface area contributed by atoms with E-state index in [2.05, 4.69) is 0 Å². The summed E-state index contributed by atoms with van der Waals surface area (Å²) in [6.45, 7) is 0. The molecule has 1 rings (SSSR count). The molecule has 1 aromatic rings. The van der Waals surface area contributed by atoms with Crippen molar-refractivity contribution in [2.24, 2.45) is 0 Å². The summed E-state index contributed by atoms with van der Waals surface area (Å²) >= 11 is 11.3. The monoisotopic (exact) mass is 300 g/mol. The number of hydrogen-bond acceptors (Lipinski definition) is 2. The third-order valence-electron chi connectivity index (χ3n) is 1.69. The zero-order chi connectivity index (χ0) is 13.9. The van der Waals surface area contributed by atoms with Gasteiger partial charge in [0, 0.05) is 0 Å². The first-order chi connectivity index (χ1) is 8.21. The van der Waals surface area contributed by atoms with Crippen LogP contribution in [0.15, 0.2) is 18.2 Å². The summed E-state index contributed by atoms with van der Waals surface area (Å²) in [6, 6.07) is 2.84. The summed E-state index contributed by atoms with van der Waals surface area (Å²) in [5, 5.41) is 3.09. The predicted molar refractivity (Wildman–Crippen MR) is 59.7 cm³/mol. The third kappa shape index (κ3) is 3.78. The zero-order valence-electron chi connectivity index (χ0n) is 8.44. The van der Waals surface area contributed by atoms with Gasteiger partial charge < -0.3 is 5.32 Å². The Balaban J connectivity index is 2.75. The number of nitrogens with one attached hydrogen (secondary N) is 2. The molecule has 0 fully saturated rings. The number of hydrogen-bond donors (Lipinski definition) is 2. The Hall–Kier alpha value is -1.47. The van der Waals surface area contributed by atoms with Crippen LogP contribution in [0.1, 0.15) is 0 Å². The lowest BCUT2D eigenvalue weighted by Gasteiger charge is -2.10. The Morgan fingerprint density at radius 1 is 1.11 bits per heavy atom. The van der Waals surface area contributed by atoms with E-state index < -0.39 is 18.1 Å². The maximum atomic E-state index is 11.9. The van der Waals surface area contributed by atoms with Gasteiger partial charge in [-0.15, -0.1) is 0 Å². The quantitative estimate of drug-likeness (QED) is 0.837. The lowest BCUT2D eigenvalue weighted by Crippen LogP contribution is -2.42. The number of carbonyl (C=O) groups excluding carboxylic acids is 2. The van der Waals surface area contributed by atoms with E-state index in [4.69, 9.17) is 23.2 Å². The highest BCUT2D eigenvalue weighted by atomic mass is 35.5. The SMILES string of the molecule is O=C(NC(=O)C(F)(F)F)Nc1c(Cl)cccc1Cl. The predicted octanol–water partition coefficient (Wildman–Crippen LogP) is 3.20.